The molecule has 0 unspecified atom stereocenters. The lowest BCUT2D eigenvalue weighted by Crippen LogP contribution is -2.07. The zero-order valence-electron chi connectivity index (χ0n) is 20.7. The summed E-state index contributed by atoms with van der Waals surface area (Å²) in [5.74, 6) is 0.824. The fourth-order valence-electron chi connectivity index (χ4n) is 4.88. The van der Waals surface area contributed by atoms with E-state index >= 15 is 0 Å². The van der Waals surface area contributed by atoms with E-state index in [1.807, 2.05) is 17.5 Å². The first-order valence-corrected chi connectivity index (χ1v) is 12.0. The minimum atomic E-state index is -0.291. The number of imidazole rings is 2. The van der Waals surface area contributed by atoms with Crippen LogP contribution in [-0.4, -0.2) is 18.9 Å². The predicted octanol–water partition coefficient (Wildman–Crippen LogP) is 7.27. The number of rotatable bonds is 7. The van der Waals surface area contributed by atoms with Crippen molar-refractivity contribution in [3.63, 3.8) is 0 Å². The summed E-state index contributed by atoms with van der Waals surface area (Å²) < 4.78 is 33.6. The van der Waals surface area contributed by atoms with Crippen molar-refractivity contribution in [3.05, 3.63) is 64.4 Å². The van der Waals surface area contributed by atoms with Gasteiger partial charge in [-0.1, -0.05) is 27.7 Å². The summed E-state index contributed by atoms with van der Waals surface area (Å²) in [6.07, 6.45) is 4.21. The lowest BCUT2D eigenvalue weighted by molar-refractivity contribution is 0.574. The molecule has 4 aromatic rings. The normalized spacial score (nSPS) is 12.4. The van der Waals surface area contributed by atoms with Gasteiger partial charge in [0.25, 0.3) is 0 Å². The van der Waals surface area contributed by atoms with Crippen molar-refractivity contribution in [2.45, 2.75) is 85.6 Å². The first kappa shape index (κ1) is 23.4. The Kier molecular flexibility index (Phi) is 6.30. The van der Waals surface area contributed by atoms with Gasteiger partial charge in [-0.3, -0.25) is 0 Å². The van der Waals surface area contributed by atoms with Crippen LogP contribution in [0.1, 0.15) is 94.2 Å². The number of halogens is 2. The average Bonchev–Trinajstić information content (AvgIpc) is 3.25. The molecular formula is C27H34F2N4. The number of fused-ring (bicyclic) bond motifs is 2. The van der Waals surface area contributed by atoms with Gasteiger partial charge in [0, 0.05) is 24.4 Å². The third-order valence-corrected chi connectivity index (χ3v) is 6.39. The van der Waals surface area contributed by atoms with Gasteiger partial charge >= 0.3 is 0 Å². The maximum absolute atomic E-state index is 14.8. The van der Waals surface area contributed by atoms with E-state index < -0.39 is 0 Å². The molecule has 0 saturated heterocycles. The number of pyridine rings is 1. The van der Waals surface area contributed by atoms with Crippen molar-refractivity contribution in [1.82, 2.24) is 18.9 Å². The van der Waals surface area contributed by atoms with Gasteiger partial charge in [-0.05, 0) is 74.8 Å². The molecular weight excluding hydrogens is 418 g/mol. The van der Waals surface area contributed by atoms with E-state index in [2.05, 4.69) is 62.1 Å². The van der Waals surface area contributed by atoms with Crippen LogP contribution < -0.4 is 0 Å². The molecule has 3 aromatic heterocycles. The van der Waals surface area contributed by atoms with E-state index in [4.69, 9.17) is 0 Å². The molecule has 4 nitrogen and oxygen atoms in total. The minimum absolute atomic E-state index is 0.170. The molecule has 0 atom stereocenters. The molecule has 0 amide bonds. The number of hydrogen-bond acceptors (Lipinski definition) is 2. The van der Waals surface area contributed by atoms with Gasteiger partial charge in [0.05, 0.1) is 11.2 Å². The van der Waals surface area contributed by atoms with E-state index in [1.165, 1.54) is 0 Å². The van der Waals surface area contributed by atoms with Crippen molar-refractivity contribution in [2.24, 2.45) is 0 Å². The highest BCUT2D eigenvalue weighted by Crippen LogP contribution is 2.29. The molecule has 6 heteroatoms. The first-order valence-electron chi connectivity index (χ1n) is 12.0. The maximum Gasteiger partial charge on any atom is 0.173 e. The molecule has 0 bridgehead atoms. The lowest BCUT2D eigenvalue weighted by atomic mass is 10.0. The Morgan fingerprint density at radius 2 is 1.61 bits per heavy atom. The Morgan fingerprint density at radius 1 is 0.879 bits per heavy atom. The Labute approximate surface area is 194 Å². The molecule has 0 spiro atoms. The summed E-state index contributed by atoms with van der Waals surface area (Å²) in [5.41, 5.74) is 5.50. The van der Waals surface area contributed by atoms with Crippen molar-refractivity contribution in [2.75, 3.05) is 0 Å². The summed E-state index contributed by atoms with van der Waals surface area (Å²) in [6, 6.07) is 5.43. The molecule has 0 fully saturated rings. The lowest BCUT2D eigenvalue weighted by Gasteiger charge is -2.14. The zero-order valence-corrected chi connectivity index (χ0v) is 20.7. The largest absolute Gasteiger partial charge is 0.325 e. The van der Waals surface area contributed by atoms with Crippen LogP contribution in [0.5, 0.6) is 0 Å². The van der Waals surface area contributed by atoms with Crippen molar-refractivity contribution in [1.29, 1.82) is 0 Å². The van der Waals surface area contributed by atoms with E-state index in [1.54, 1.807) is 12.1 Å². The summed E-state index contributed by atoms with van der Waals surface area (Å²) in [5, 5.41) is 0. The third-order valence-electron chi connectivity index (χ3n) is 6.39. The topological polar surface area (TPSA) is 35.1 Å². The molecule has 0 saturated carbocycles. The van der Waals surface area contributed by atoms with Gasteiger partial charge in [0.1, 0.15) is 11.3 Å². The van der Waals surface area contributed by atoms with Crippen LogP contribution in [0, 0.1) is 18.6 Å². The fraction of sp³-hybridized carbons (Fsp3) is 0.481. The molecule has 0 aliphatic carbocycles. The molecule has 0 aliphatic rings. The molecule has 176 valence electrons. The highest BCUT2D eigenvalue weighted by atomic mass is 19.1. The van der Waals surface area contributed by atoms with Crippen LogP contribution in [-0.2, 0) is 12.8 Å². The van der Waals surface area contributed by atoms with Gasteiger partial charge in [-0.15, -0.1) is 0 Å². The average molecular weight is 453 g/mol. The van der Waals surface area contributed by atoms with Crippen molar-refractivity contribution < 1.29 is 8.78 Å². The summed E-state index contributed by atoms with van der Waals surface area (Å²) >= 11 is 0. The quantitative estimate of drug-likeness (QED) is 0.295. The summed E-state index contributed by atoms with van der Waals surface area (Å²) in [7, 11) is 0. The number of aromatic nitrogens is 4. The highest BCUT2D eigenvalue weighted by Gasteiger charge is 2.19. The fourth-order valence-corrected chi connectivity index (χ4v) is 4.88. The van der Waals surface area contributed by atoms with Gasteiger partial charge < -0.3 is 8.97 Å². The van der Waals surface area contributed by atoms with E-state index in [-0.39, 0.29) is 29.5 Å². The Bertz CT molecular complexity index is 1310. The summed E-state index contributed by atoms with van der Waals surface area (Å²) in [4.78, 5) is 9.10. The minimum Gasteiger partial charge on any atom is -0.325 e. The van der Waals surface area contributed by atoms with E-state index in [0.717, 1.165) is 40.3 Å². The monoisotopic (exact) mass is 452 g/mol. The molecule has 33 heavy (non-hydrogen) atoms. The number of hydrogen-bond donors (Lipinski definition) is 0. The number of aryl methyl sites for hydroxylation is 3. The van der Waals surface area contributed by atoms with Crippen molar-refractivity contribution in [3.8, 4) is 0 Å². The van der Waals surface area contributed by atoms with Gasteiger partial charge in [-0.25, -0.2) is 18.7 Å². The van der Waals surface area contributed by atoms with Crippen LogP contribution >= 0.6 is 0 Å². The third kappa shape index (κ3) is 4.28. The smallest absolute Gasteiger partial charge is 0.173 e. The van der Waals surface area contributed by atoms with Crippen LogP contribution in [0.4, 0.5) is 8.78 Å². The van der Waals surface area contributed by atoms with Gasteiger partial charge in [0.2, 0.25) is 0 Å². The predicted molar refractivity (Wildman–Crippen MR) is 130 cm³/mol. The Hall–Kier alpha value is -2.76. The van der Waals surface area contributed by atoms with Crippen molar-refractivity contribution >= 4 is 16.7 Å². The molecule has 0 aliphatic heterocycles. The standard InChI is InChI=1S/C27H34F2N4/c1-15(2)20-12-21(28)25-23(13-20)33(17(5)6)24(31-25)10-8-9-19-11-22(29)27-30-18(7)26(16(3)4)32(27)14-19/h11-17H,8-10H2,1-7H3. The second kappa shape index (κ2) is 8.88. The van der Waals surface area contributed by atoms with Gasteiger partial charge in [-0.2, -0.15) is 0 Å². The number of nitrogens with zero attached hydrogens (tertiary/aromatic N) is 4. The Balaban J connectivity index is 1.63. The highest BCUT2D eigenvalue weighted by molar-refractivity contribution is 5.78. The first-order chi connectivity index (χ1) is 15.6. The van der Waals surface area contributed by atoms with Gasteiger partial charge in [0.15, 0.2) is 17.3 Å². The SMILES string of the molecule is Cc1nc2c(F)cc(CCCc3nc4c(F)cc(C(C)C)cc4n3C(C)C)cn2c1C(C)C. The van der Waals surface area contributed by atoms with Crippen LogP contribution in [0.15, 0.2) is 24.4 Å². The number of benzene rings is 1. The second-order valence-corrected chi connectivity index (χ2v) is 10.00. The maximum atomic E-state index is 14.8. The van der Waals surface area contributed by atoms with E-state index in [9.17, 15) is 8.78 Å². The van der Waals surface area contributed by atoms with Crippen LogP contribution in [0.25, 0.3) is 16.7 Å². The van der Waals surface area contributed by atoms with Crippen LogP contribution in [0.2, 0.25) is 0 Å². The molecule has 1 aromatic carbocycles. The van der Waals surface area contributed by atoms with Crippen LogP contribution in [0.3, 0.4) is 0 Å². The Morgan fingerprint density at radius 3 is 2.24 bits per heavy atom. The second-order valence-electron chi connectivity index (χ2n) is 10.00. The molecule has 3 heterocycles. The van der Waals surface area contributed by atoms with E-state index in [0.29, 0.717) is 24.0 Å². The molecule has 4 rings (SSSR count). The molecule has 0 N–H and O–H groups in total. The molecule has 0 radical (unpaired) electrons. The zero-order chi connectivity index (χ0) is 24.0. The summed E-state index contributed by atoms with van der Waals surface area (Å²) in [6.45, 7) is 14.5.